The molecule has 42 heavy (non-hydrogen) atoms. The van der Waals surface area contributed by atoms with Crippen LogP contribution in [0, 0.1) is 6.92 Å². The van der Waals surface area contributed by atoms with E-state index >= 15 is 0 Å². The lowest BCUT2D eigenvalue weighted by Gasteiger charge is -2.24. The van der Waals surface area contributed by atoms with Gasteiger partial charge in [0.2, 0.25) is 0 Å². The fourth-order valence-corrected chi connectivity index (χ4v) is 5.74. The number of rotatable bonds is 10. The molecule has 1 aliphatic heterocycles. The second kappa shape index (κ2) is 12.9. The summed E-state index contributed by atoms with van der Waals surface area (Å²) in [7, 11) is 1.59. The number of thiazole rings is 1. The summed E-state index contributed by atoms with van der Waals surface area (Å²) in [6, 6.07) is 22.0. The van der Waals surface area contributed by atoms with Gasteiger partial charge in [-0.05, 0) is 74.4 Å². The van der Waals surface area contributed by atoms with Crippen molar-refractivity contribution in [2.75, 3.05) is 26.9 Å². The van der Waals surface area contributed by atoms with Gasteiger partial charge in [0.25, 0.3) is 5.56 Å². The Balaban J connectivity index is 1.43. The van der Waals surface area contributed by atoms with E-state index in [9.17, 15) is 9.59 Å². The largest absolute Gasteiger partial charge is 0.497 e. The minimum Gasteiger partial charge on any atom is -0.497 e. The summed E-state index contributed by atoms with van der Waals surface area (Å²) in [6.45, 7) is 6.54. The molecule has 9 heteroatoms. The number of allylic oxidation sites excluding steroid dienone is 1. The van der Waals surface area contributed by atoms with Crippen molar-refractivity contribution in [1.29, 1.82) is 0 Å². The molecular formula is C33H32N2O6S. The Bertz CT molecular complexity index is 1790. The zero-order chi connectivity index (χ0) is 29.6. The van der Waals surface area contributed by atoms with Gasteiger partial charge in [0.1, 0.15) is 30.5 Å². The standard InChI is InChI=1S/C33H32N2O6S/c1-5-39-32(37)29-22(3)34-33-35(30(29)24-11-15-25(38-4)16-12-24)31(36)28(42-33)20-23-7-6-8-27(19-23)41-18-17-40-26-13-9-21(2)10-14-26/h6-16,19-20,30H,5,17-18H2,1-4H3. The summed E-state index contributed by atoms with van der Waals surface area (Å²) in [5.74, 6) is 1.64. The minimum absolute atomic E-state index is 0.214. The van der Waals surface area contributed by atoms with Crippen LogP contribution in [0.5, 0.6) is 17.2 Å². The van der Waals surface area contributed by atoms with Crippen LogP contribution >= 0.6 is 11.3 Å². The van der Waals surface area contributed by atoms with Crippen LogP contribution < -0.4 is 29.1 Å². The highest BCUT2D eigenvalue weighted by atomic mass is 32.1. The van der Waals surface area contributed by atoms with Crippen LogP contribution in [-0.2, 0) is 9.53 Å². The number of carbonyl (C=O) groups is 1. The average Bonchev–Trinajstić information content (AvgIpc) is 3.29. The molecule has 8 nitrogen and oxygen atoms in total. The first-order valence-electron chi connectivity index (χ1n) is 13.6. The molecule has 0 bridgehead atoms. The van der Waals surface area contributed by atoms with Crippen molar-refractivity contribution in [3.63, 3.8) is 0 Å². The number of hydrogen-bond donors (Lipinski definition) is 0. The summed E-state index contributed by atoms with van der Waals surface area (Å²) >= 11 is 1.28. The Morgan fingerprint density at radius 3 is 2.33 bits per heavy atom. The van der Waals surface area contributed by atoms with Crippen molar-refractivity contribution in [2.45, 2.75) is 26.8 Å². The maximum absolute atomic E-state index is 13.8. The van der Waals surface area contributed by atoms with Crippen LogP contribution in [0.3, 0.4) is 0 Å². The topological polar surface area (TPSA) is 88.4 Å². The molecule has 0 amide bonds. The highest BCUT2D eigenvalue weighted by molar-refractivity contribution is 7.07. The molecule has 4 aromatic rings. The number of methoxy groups -OCH3 is 1. The molecule has 1 unspecified atom stereocenters. The Kier molecular flexibility index (Phi) is 8.88. The lowest BCUT2D eigenvalue weighted by atomic mass is 9.96. The summed E-state index contributed by atoms with van der Waals surface area (Å²) < 4.78 is 24.4. The lowest BCUT2D eigenvalue weighted by molar-refractivity contribution is -0.139. The van der Waals surface area contributed by atoms with Crippen molar-refractivity contribution in [3.05, 3.63) is 120 Å². The molecular weight excluding hydrogens is 552 g/mol. The smallest absolute Gasteiger partial charge is 0.338 e. The van der Waals surface area contributed by atoms with E-state index in [-0.39, 0.29) is 12.2 Å². The Morgan fingerprint density at radius 2 is 1.64 bits per heavy atom. The van der Waals surface area contributed by atoms with Gasteiger partial charge < -0.3 is 18.9 Å². The monoisotopic (exact) mass is 584 g/mol. The van der Waals surface area contributed by atoms with Gasteiger partial charge in [-0.25, -0.2) is 9.79 Å². The molecule has 1 aliphatic rings. The van der Waals surface area contributed by atoms with Crippen molar-refractivity contribution < 1.29 is 23.7 Å². The first-order valence-corrected chi connectivity index (χ1v) is 14.5. The van der Waals surface area contributed by atoms with E-state index in [0.29, 0.717) is 45.3 Å². The zero-order valence-electron chi connectivity index (χ0n) is 24.0. The quantitative estimate of drug-likeness (QED) is 0.200. The van der Waals surface area contributed by atoms with Crippen LogP contribution in [0.2, 0.25) is 0 Å². The SMILES string of the molecule is CCOC(=O)C1=C(C)N=c2sc(=Cc3cccc(OCCOc4ccc(C)cc4)c3)c(=O)n2C1c1ccc(OC)cc1. The Morgan fingerprint density at radius 1 is 0.952 bits per heavy atom. The van der Waals surface area contributed by atoms with Crippen LogP contribution in [0.15, 0.2) is 93.9 Å². The third-order valence-electron chi connectivity index (χ3n) is 6.75. The molecule has 0 fully saturated rings. The van der Waals surface area contributed by atoms with Crippen molar-refractivity contribution in [1.82, 2.24) is 4.57 Å². The predicted octanol–water partition coefficient (Wildman–Crippen LogP) is 4.57. The molecule has 0 aliphatic carbocycles. The number of fused-ring (bicyclic) bond motifs is 1. The van der Waals surface area contributed by atoms with E-state index in [1.807, 2.05) is 73.7 Å². The molecule has 0 N–H and O–H groups in total. The molecule has 1 aromatic heterocycles. The van der Waals surface area contributed by atoms with E-state index in [2.05, 4.69) is 4.99 Å². The van der Waals surface area contributed by atoms with Gasteiger partial charge in [-0.3, -0.25) is 9.36 Å². The second-order valence-corrected chi connectivity index (χ2v) is 10.7. The van der Waals surface area contributed by atoms with Gasteiger partial charge >= 0.3 is 5.97 Å². The summed E-state index contributed by atoms with van der Waals surface area (Å²) in [5.41, 5.74) is 3.35. The van der Waals surface area contributed by atoms with Crippen molar-refractivity contribution in [2.24, 2.45) is 4.99 Å². The predicted molar refractivity (Wildman–Crippen MR) is 162 cm³/mol. The van der Waals surface area contributed by atoms with Crippen LogP contribution in [-0.4, -0.2) is 37.5 Å². The fourth-order valence-electron chi connectivity index (χ4n) is 4.69. The van der Waals surface area contributed by atoms with Gasteiger partial charge in [-0.15, -0.1) is 0 Å². The Labute approximate surface area is 247 Å². The zero-order valence-corrected chi connectivity index (χ0v) is 24.8. The van der Waals surface area contributed by atoms with Crippen molar-refractivity contribution >= 4 is 23.4 Å². The first-order chi connectivity index (χ1) is 20.4. The number of hydrogen-bond acceptors (Lipinski definition) is 8. The summed E-state index contributed by atoms with van der Waals surface area (Å²) in [6.07, 6.45) is 1.81. The van der Waals surface area contributed by atoms with Gasteiger partial charge in [0.05, 0.1) is 35.6 Å². The number of aryl methyl sites for hydroxylation is 1. The second-order valence-electron chi connectivity index (χ2n) is 9.66. The van der Waals surface area contributed by atoms with Crippen LogP contribution in [0.25, 0.3) is 6.08 Å². The lowest BCUT2D eigenvalue weighted by Crippen LogP contribution is -2.39. The maximum Gasteiger partial charge on any atom is 0.338 e. The molecule has 0 spiro atoms. The van der Waals surface area contributed by atoms with Gasteiger partial charge in [-0.2, -0.15) is 0 Å². The molecule has 0 saturated carbocycles. The molecule has 3 aromatic carbocycles. The highest BCUT2D eigenvalue weighted by Crippen LogP contribution is 2.31. The molecule has 1 atom stereocenters. The number of nitrogens with zero attached hydrogens (tertiary/aromatic N) is 2. The third kappa shape index (κ3) is 6.31. The van der Waals surface area contributed by atoms with E-state index < -0.39 is 12.0 Å². The molecule has 0 saturated heterocycles. The normalized spacial score (nSPS) is 14.7. The number of esters is 1. The third-order valence-corrected chi connectivity index (χ3v) is 7.73. The van der Waals surface area contributed by atoms with E-state index in [1.165, 1.54) is 16.9 Å². The summed E-state index contributed by atoms with van der Waals surface area (Å²) in [5, 5.41) is 0. The van der Waals surface area contributed by atoms with E-state index in [4.69, 9.17) is 18.9 Å². The van der Waals surface area contributed by atoms with Gasteiger partial charge in [0, 0.05) is 0 Å². The Hall–Kier alpha value is -4.63. The van der Waals surface area contributed by atoms with Crippen LogP contribution in [0.1, 0.15) is 36.6 Å². The van der Waals surface area contributed by atoms with Gasteiger partial charge in [-0.1, -0.05) is 53.3 Å². The molecule has 0 radical (unpaired) electrons. The minimum atomic E-state index is -0.684. The first kappa shape index (κ1) is 28.9. The molecule has 5 rings (SSSR count). The maximum atomic E-state index is 13.8. The number of benzene rings is 3. The fraction of sp³-hybridized carbons (Fsp3) is 0.242. The number of aromatic nitrogens is 1. The molecule has 216 valence electrons. The highest BCUT2D eigenvalue weighted by Gasteiger charge is 2.33. The molecule has 2 heterocycles. The van der Waals surface area contributed by atoms with Crippen molar-refractivity contribution in [3.8, 4) is 17.2 Å². The number of ether oxygens (including phenoxy) is 4. The van der Waals surface area contributed by atoms with E-state index in [0.717, 1.165) is 16.9 Å². The van der Waals surface area contributed by atoms with E-state index in [1.54, 1.807) is 37.7 Å². The van der Waals surface area contributed by atoms with Gasteiger partial charge in [0.15, 0.2) is 4.80 Å². The average molecular weight is 585 g/mol. The summed E-state index contributed by atoms with van der Waals surface area (Å²) in [4.78, 5) is 32.1. The number of carbonyl (C=O) groups excluding carboxylic acids is 1. The van der Waals surface area contributed by atoms with Crippen LogP contribution in [0.4, 0.5) is 0 Å².